The molecule has 5 rings (SSSR count). The Morgan fingerprint density at radius 1 is 0.964 bits per heavy atom. The predicted molar refractivity (Wildman–Crippen MR) is 105 cm³/mol. The second-order valence-electron chi connectivity index (χ2n) is 6.74. The van der Waals surface area contributed by atoms with E-state index in [0.29, 0.717) is 16.3 Å². The fourth-order valence-corrected chi connectivity index (χ4v) is 4.68. The average molecular weight is 389 g/mol. The van der Waals surface area contributed by atoms with Crippen LogP contribution in [0.4, 0.5) is 5.13 Å². The largest absolute Gasteiger partial charge is 0.300 e. The van der Waals surface area contributed by atoms with Crippen LogP contribution in [0, 0.1) is 0 Å². The van der Waals surface area contributed by atoms with Gasteiger partial charge in [-0.2, -0.15) is 0 Å². The number of aryl methyl sites for hydroxylation is 2. The number of rotatable bonds is 3. The predicted octanol–water partition coefficient (Wildman–Crippen LogP) is 3.14. The lowest BCUT2D eigenvalue weighted by molar-refractivity contribution is -0.116. The smallest absolute Gasteiger partial charge is 0.262 e. The summed E-state index contributed by atoms with van der Waals surface area (Å²) in [6.07, 6.45) is 1.84. The Hall–Kier alpha value is -3.32. The Labute approximate surface area is 164 Å². The molecule has 2 heterocycles. The Morgan fingerprint density at radius 3 is 2.32 bits per heavy atom. The zero-order valence-corrected chi connectivity index (χ0v) is 15.6. The lowest BCUT2D eigenvalue weighted by Crippen LogP contribution is -2.37. The van der Waals surface area contributed by atoms with E-state index in [9.17, 15) is 14.4 Å². The second-order valence-corrected chi connectivity index (χ2v) is 7.82. The molecule has 0 unspecified atom stereocenters. The molecule has 1 aliphatic carbocycles. The number of fused-ring (bicyclic) bond motifs is 4. The molecule has 2 aliphatic rings. The van der Waals surface area contributed by atoms with E-state index in [0.717, 1.165) is 33.9 Å². The van der Waals surface area contributed by atoms with E-state index < -0.39 is 17.7 Å². The number of carbonyl (C=O) groups is 3. The van der Waals surface area contributed by atoms with Gasteiger partial charge in [0.15, 0.2) is 5.13 Å². The van der Waals surface area contributed by atoms with Gasteiger partial charge in [-0.1, -0.05) is 36.4 Å². The molecule has 0 saturated heterocycles. The van der Waals surface area contributed by atoms with Crippen molar-refractivity contribution in [2.24, 2.45) is 0 Å². The molecule has 2 aromatic carbocycles. The van der Waals surface area contributed by atoms with Crippen molar-refractivity contribution in [3.05, 3.63) is 70.1 Å². The van der Waals surface area contributed by atoms with Crippen LogP contribution in [0.2, 0.25) is 0 Å². The third-order valence-electron chi connectivity index (χ3n) is 5.02. The van der Waals surface area contributed by atoms with E-state index in [1.54, 1.807) is 24.3 Å². The third kappa shape index (κ3) is 2.63. The van der Waals surface area contributed by atoms with Crippen LogP contribution in [0.5, 0.6) is 0 Å². The maximum atomic E-state index is 12.5. The van der Waals surface area contributed by atoms with Crippen LogP contribution < -0.4 is 5.32 Å². The first-order valence-electron chi connectivity index (χ1n) is 8.95. The van der Waals surface area contributed by atoms with E-state index in [2.05, 4.69) is 16.4 Å². The van der Waals surface area contributed by atoms with Crippen LogP contribution in [-0.4, -0.2) is 34.2 Å². The fraction of sp³-hybridized carbons (Fsp3) is 0.143. The van der Waals surface area contributed by atoms with Gasteiger partial charge in [0.25, 0.3) is 11.8 Å². The number of thiazole rings is 1. The van der Waals surface area contributed by atoms with Gasteiger partial charge in [-0.05, 0) is 30.5 Å². The van der Waals surface area contributed by atoms with E-state index in [1.165, 1.54) is 16.9 Å². The molecule has 1 aromatic heterocycles. The molecule has 0 atom stereocenters. The van der Waals surface area contributed by atoms with E-state index in [1.807, 2.05) is 18.2 Å². The Bertz CT molecular complexity index is 1120. The van der Waals surface area contributed by atoms with Crippen molar-refractivity contribution in [2.75, 3.05) is 11.9 Å². The van der Waals surface area contributed by atoms with Crippen molar-refractivity contribution in [3.8, 4) is 11.3 Å². The van der Waals surface area contributed by atoms with Crippen molar-refractivity contribution in [2.45, 2.75) is 12.8 Å². The summed E-state index contributed by atoms with van der Waals surface area (Å²) in [5.41, 5.74) is 3.93. The number of nitrogens with zero attached hydrogens (tertiary/aromatic N) is 2. The van der Waals surface area contributed by atoms with Gasteiger partial charge in [0, 0.05) is 10.4 Å². The Morgan fingerprint density at radius 2 is 1.61 bits per heavy atom. The van der Waals surface area contributed by atoms with Crippen LogP contribution in [0.15, 0.2) is 48.5 Å². The summed E-state index contributed by atoms with van der Waals surface area (Å²) in [5, 5.41) is 3.24. The fourth-order valence-electron chi connectivity index (χ4n) is 3.69. The van der Waals surface area contributed by atoms with Crippen molar-refractivity contribution >= 4 is 34.2 Å². The number of anilines is 1. The molecule has 1 aliphatic heterocycles. The van der Waals surface area contributed by atoms with Crippen LogP contribution in [0.1, 0.15) is 31.2 Å². The van der Waals surface area contributed by atoms with Crippen LogP contribution in [0.25, 0.3) is 11.3 Å². The molecule has 3 aromatic rings. The van der Waals surface area contributed by atoms with Crippen LogP contribution in [-0.2, 0) is 17.6 Å². The summed E-state index contributed by atoms with van der Waals surface area (Å²) in [7, 11) is 0. The van der Waals surface area contributed by atoms with Crippen molar-refractivity contribution in [3.63, 3.8) is 0 Å². The molecular formula is C21H15N3O3S. The molecule has 0 bridgehead atoms. The molecule has 0 spiro atoms. The monoisotopic (exact) mass is 389 g/mol. The third-order valence-corrected chi connectivity index (χ3v) is 6.05. The van der Waals surface area contributed by atoms with Crippen molar-refractivity contribution in [1.82, 2.24) is 9.88 Å². The number of aromatic nitrogens is 1. The number of imide groups is 1. The zero-order chi connectivity index (χ0) is 19.3. The van der Waals surface area contributed by atoms with E-state index >= 15 is 0 Å². The minimum absolute atomic E-state index is 0.326. The summed E-state index contributed by atoms with van der Waals surface area (Å²) in [5.74, 6) is -1.32. The number of hydrogen-bond acceptors (Lipinski definition) is 5. The number of amides is 3. The quantitative estimate of drug-likeness (QED) is 0.698. The summed E-state index contributed by atoms with van der Waals surface area (Å²) in [6.45, 7) is -0.326. The first-order valence-corrected chi connectivity index (χ1v) is 9.76. The Balaban J connectivity index is 1.34. The molecular weight excluding hydrogens is 374 g/mol. The number of nitrogens with one attached hydrogen (secondary N) is 1. The highest BCUT2D eigenvalue weighted by Crippen LogP contribution is 2.38. The minimum atomic E-state index is -0.442. The molecule has 3 amide bonds. The molecule has 1 N–H and O–H groups in total. The molecule has 0 radical (unpaired) electrons. The molecule has 28 heavy (non-hydrogen) atoms. The highest BCUT2D eigenvalue weighted by molar-refractivity contribution is 7.16. The lowest BCUT2D eigenvalue weighted by atomic mass is 9.94. The van der Waals surface area contributed by atoms with Gasteiger partial charge < -0.3 is 5.32 Å². The summed E-state index contributed by atoms with van der Waals surface area (Å²) >= 11 is 1.44. The molecule has 6 nitrogen and oxygen atoms in total. The van der Waals surface area contributed by atoms with E-state index in [4.69, 9.17) is 0 Å². The molecule has 0 fully saturated rings. The van der Waals surface area contributed by atoms with Crippen LogP contribution in [0.3, 0.4) is 0 Å². The number of carbonyl (C=O) groups excluding carboxylic acids is 3. The van der Waals surface area contributed by atoms with Crippen LogP contribution >= 0.6 is 11.3 Å². The number of benzene rings is 2. The average Bonchev–Trinajstić information content (AvgIpc) is 3.23. The summed E-state index contributed by atoms with van der Waals surface area (Å²) < 4.78 is 0. The lowest BCUT2D eigenvalue weighted by Gasteiger charge is -2.13. The van der Waals surface area contributed by atoms with Crippen molar-refractivity contribution in [1.29, 1.82) is 0 Å². The standard InChI is InChI=1S/C21H15N3O3S/c25-17(11-24-19(26)14-7-3-4-8-15(14)20(24)27)22-21-23-18-13-6-2-1-5-12(13)9-10-16(18)28-21/h1-8H,9-11H2,(H,22,23,25). The van der Waals surface area contributed by atoms with Gasteiger partial charge in [-0.25, -0.2) is 4.98 Å². The first-order chi connectivity index (χ1) is 13.6. The first kappa shape index (κ1) is 16.8. The van der Waals surface area contributed by atoms with Gasteiger partial charge in [-0.3, -0.25) is 19.3 Å². The topological polar surface area (TPSA) is 79.4 Å². The summed E-state index contributed by atoms with van der Waals surface area (Å²) in [6, 6.07) is 14.7. The molecule has 0 saturated carbocycles. The van der Waals surface area contributed by atoms with Gasteiger partial charge in [0.2, 0.25) is 5.91 Å². The highest BCUT2D eigenvalue weighted by atomic mass is 32.1. The SMILES string of the molecule is O=C(CN1C(=O)c2ccccc2C1=O)Nc1nc2c(s1)CCc1ccccc1-2. The molecule has 7 heteroatoms. The van der Waals surface area contributed by atoms with Crippen molar-refractivity contribution < 1.29 is 14.4 Å². The Kier molecular flexibility index (Phi) is 3.84. The van der Waals surface area contributed by atoms with Gasteiger partial charge >= 0.3 is 0 Å². The second kappa shape index (κ2) is 6.38. The number of hydrogen-bond donors (Lipinski definition) is 1. The minimum Gasteiger partial charge on any atom is -0.300 e. The maximum Gasteiger partial charge on any atom is 0.262 e. The van der Waals surface area contributed by atoms with Gasteiger partial charge in [-0.15, -0.1) is 11.3 Å². The van der Waals surface area contributed by atoms with Gasteiger partial charge in [0.05, 0.1) is 16.8 Å². The van der Waals surface area contributed by atoms with E-state index in [-0.39, 0.29) is 6.54 Å². The summed E-state index contributed by atoms with van der Waals surface area (Å²) in [4.78, 5) is 44.0. The maximum absolute atomic E-state index is 12.5. The normalized spacial score (nSPS) is 14.5. The molecule has 138 valence electrons. The highest BCUT2D eigenvalue weighted by Gasteiger charge is 2.36. The zero-order valence-electron chi connectivity index (χ0n) is 14.8. The van der Waals surface area contributed by atoms with Gasteiger partial charge in [0.1, 0.15) is 6.54 Å².